The normalized spacial score (nSPS) is 11.2. The van der Waals surface area contributed by atoms with E-state index in [1.807, 2.05) is 18.2 Å². The van der Waals surface area contributed by atoms with Crippen molar-refractivity contribution in [2.24, 2.45) is 0 Å². The minimum atomic E-state index is -0.405. The summed E-state index contributed by atoms with van der Waals surface area (Å²) in [4.78, 5) is 24.5. The molecule has 0 spiro atoms. The molecule has 0 unspecified atom stereocenters. The Morgan fingerprint density at radius 3 is 2.61 bits per heavy atom. The summed E-state index contributed by atoms with van der Waals surface area (Å²) in [6.07, 6.45) is 0. The number of hydrogen-bond donors (Lipinski definition) is 0. The molecule has 0 fully saturated rings. The minimum Gasteiger partial charge on any atom is -0.465 e. The van der Waals surface area contributed by atoms with Gasteiger partial charge in [0.2, 0.25) is 5.43 Å². The Balaban J connectivity index is 2.14. The Kier molecular flexibility index (Phi) is 2.91. The molecular formula is C19H12O4. The molecule has 4 heteroatoms. The molecule has 4 aromatic rings. The zero-order valence-corrected chi connectivity index (χ0v) is 12.3. The number of ether oxygens (including phenoxy) is 1. The third-order valence-electron chi connectivity index (χ3n) is 3.98. The number of hydrogen-bond acceptors (Lipinski definition) is 4. The Hall–Kier alpha value is -3.14. The Morgan fingerprint density at radius 1 is 0.957 bits per heavy atom. The van der Waals surface area contributed by atoms with E-state index in [1.54, 1.807) is 36.4 Å². The maximum atomic E-state index is 12.8. The third-order valence-corrected chi connectivity index (χ3v) is 3.98. The van der Waals surface area contributed by atoms with Gasteiger partial charge < -0.3 is 9.15 Å². The number of carbonyl (C=O) groups excluding carboxylic acids is 1. The summed E-state index contributed by atoms with van der Waals surface area (Å²) in [5.74, 6) is -0.405. The van der Waals surface area contributed by atoms with Crippen LogP contribution in [-0.2, 0) is 4.74 Å². The standard InChI is InChI=1S/C19H12O4/c1-22-19(21)12-6-8-13-11(10-12)7-9-16-17(13)18(20)14-4-2-3-5-15(14)23-16/h2-10H,1H3. The van der Waals surface area contributed by atoms with Crippen LogP contribution in [0.1, 0.15) is 10.4 Å². The predicted octanol–water partition coefficient (Wildman–Crippen LogP) is 3.89. The van der Waals surface area contributed by atoms with Crippen molar-refractivity contribution in [3.05, 3.63) is 70.4 Å². The Morgan fingerprint density at radius 2 is 1.78 bits per heavy atom. The van der Waals surface area contributed by atoms with Crippen LogP contribution in [0.4, 0.5) is 0 Å². The molecule has 23 heavy (non-hydrogen) atoms. The molecule has 0 aliphatic rings. The first-order valence-corrected chi connectivity index (χ1v) is 7.15. The van der Waals surface area contributed by atoms with Crippen LogP contribution in [0.15, 0.2) is 63.8 Å². The molecule has 0 bridgehead atoms. The number of benzene rings is 3. The van der Waals surface area contributed by atoms with Crippen LogP contribution in [-0.4, -0.2) is 13.1 Å². The summed E-state index contributed by atoms with van der Waals surface area (Å²) >= 11 is 0. The maximum Gasteiger partial charge on any atom is 0.337 e. The van der Waals surface area contributed by atoms with Crippen LogP contribution in [0.25, 0.3) is 32.7 Å². The number of methoxy groups -OCH3 is 1. The van der Waals surface area contributed by atoms with Gasteiger partial charge in [-0.2, -0.15) is 0 Å². The molecule has 0 aliphatic heterocycles. The Bertz CT molecular complexity index is 1140. The molecule has 0 amide bonds. The molecule has 3 aromatic carbocycles. The lowest BCUT2D eigenvalue weighted by molar-refractivity contribution is 0.0601. The smallest absolute Gasteiger partial charge is 0.337 e. The van der Waals surface area contributed by atoms with E-state index in [1.165, 1.54) is 7.11 Å². The van der Waals surface area contributed by atoms with Crippen molar-refractivity contribution in [1.29, 1.82) is 0 Å². The number of para-hydroxylation sites is 1. The van der Waals surface area contributed by atoms with Crippen LogP contribution in [0, 0.1) is 0 Å². The maximum absolute atomic E-state index is 12.8. The summed E-state index contributed by atoms with van der Waals surface area (Å²) in [5.41, 5.74) is 1.48. The molecule has 0 N–H and O–H groups in total. The van der Waals surface area contributed by atoms with Crippen LogP contribution in [0.2, 0.25) is 0 Å². The van der Waals surface area contributed by atoms with Crippen molar-refractivity contribution in [3.63, 3.8) is 0 Å². The van der Waals surface area contributed by atoms with Gasteiger partial charge in [-0.15, -0.1) is 0 Å². The van der Waals surface area contributed by atoms with Crippen molar-refractivity contribution in [1.82, 2.24) is 0 Å². The highest BCUT2D eigenvalue weighted by Crippen LogP contribution is 2.26. The first kappa shape index (κ1) is 13.5. The van der Waals surface area contributed by atoms with Crippen LogP contribution in [0.3, 0.4) is 0 Å². The van der Waals surface area contributed by atoms with Gasteiger partial charge in [0.05, 0.1) is 23.4 Å². The second-order valence-corrected chi connectivity index (χ2v) is 5.29. The Labute approximate surface area is 130 Å². The van der Waals surface area contributed by atoms with Crippen molar-refractivity contribution in [2.45, 2.75) is 0 Å². The predicted molar refractivity (Wildman–Crippen MR) is 88.8 cm³/mol. The van der Waals surface area contributed by atoms with Crippen molar-refractivity contribution < 1.29 is 13.9 Å². The highest BCUT2D eigenvalue weighted by Gasteiger charge is 2.12. The van der Waals surface area contributed by atoms with E-state index in [0.29, 0.717) is 27.5 Å². The van der Waals surface area contributed by atoms with Crippen LogP contribution >= 0.6 is 0 Å². The largest absolute Gasteiger partial charge is 0.465 e. The van der Waals surface area contributed by atoms with E-state index in [2.05, 4.69) is 0 Å². The van der Waals surface area contributed by atoms with Gasteiger partial charge in [-0.05, 0) is 41.1 Å². The van der Waals surface area contributed by atoms with E-state index in [4.69, 9.17) is 9.15 Å². The van der Waals surface area contributed by atoms with Gasteiger partial charge in [0.1, 0.15) is 11.2 Å². The number of rotatable bonds is 1. The number of esters is 1. The monoisotopic (exact) mass is 304 g/mol. The number of carbonyl (C=O) groups is 1. The van der Waals surface area contributed by atoms with Gasteiger partial charge in [0.25, 0.3) is 0 Å². The van der Waals surface area contributed by atoms with Gasteiger partial charge in [0.15, 0.2) is 0 Å². The highest BCUT2D eigenvalue weighted by molar-refractivity contribution is 6.09. The molecule has 0 radical (unpaired) electrons. The van der Waals surface area contributed by atoms with Crippen LogP contribution in [0.5, 0.6) is 0 Å². The van der Waals surface area contributed by atoms with E-state index < -0.39 is 5.97 Å². The fraction of sp³-hybridized carbons (Fsp3) is 0.0526. The summed E-state index contributed by atoms with van der Waals surface area (Å²) < 4.78 is 10.6. The summed E-state index contributed by atoms with van der Waals surface area (Å²) in [6, 6.07) is 15.9. The number of fused-ring (bicyclic) bond motifs is 4. The van der Waals surface area contributed by atoms with Crippen molar-refractivity contribution >= 4 is 38.7 Å². The average molecular weight is 304 g/mol. The lowest BCUT2D eigenvalue weighted by Gasteiger charge is -2.06. The van der Waals surface area contributed by atoms with E-state index in [-0.39, 0.29) is 5.43 Å². The van der Waals surface area contributed by atoms with E-state index in [0.717, 1.165) is 10.8 Å². The van der Waals surface area contributed by atoms with Crippen molar-refractivity contribution in [3.8, 4) is 0 Å². The lowest BCUT2D eigenvalue weighted by atomic mass is 10.0. The van der Waals surface area contributed by atoms with Crippen molar-refractivity contribution in [2.75, 3.05) is 7.11 Å². The topological polar surface area (TPSA) is 56.5 Å². The molecule has 4 rings (SSSR count). The quantitative estimate of drug-likeness (QED) is 0.304. The van der Waals surface area contributed by atoms with Gasteiger partial charge in [-0.25, -0.2) is 4.79 Å². The second kappa shape index (κ2) is 4.95. The summed E-state index contributed by atoms with van der Waals surface area (Å²) in [6.45, 7) is 0. The van der Waals surface area contributed by atoms with E-state index >= 15 is 0 Å². The molecule has 0 atom stereocenters. The molecule has 0 saturated heterocycles. The SMILES string of the molecule is COC(=O)c1ccc2c(ccc3oc4ccccc4c(=O)c32)c1. The van der Waals surface area contributed by atoms with Gasteiger partial charge in [-0.3, -0.25) is 4.79 Å². The zero-order valence-electron chi connectivity index (χ0n) is 12.3. The molecular weight excluding hydrogens is 292 g/mol. The fourth-order valence-electron chi connectivity index (χ4n) is 2.87. The van der Waals surface area contributed by atoms with Crippen LogP contribution < -0.4 is 5.43 Å². The van der Waals surface area contributed by atoms with Gasteiger partial charge >= 0.3 is 5.97 Å². The molecule has 0 aliphatic carbocycles. The highest BCUT2D eigenvalue weighted by atomic mass is 16.5. The van der Waals surface area contributed by atoms with Gasteiger partial charge in [-0.1, -0.05) is 24.3 Å². The third kappa shape index (κ3) is 1.99. The first-order chi connectivity index (χ1) is 11.2. The average Bonchev–Trinajstić information content (AvgIpc) is 2.60. The lowest BCUT2D eigenvalue weighted by Crippen LogP contribution is -2.04. The fourth-order valence-corrected chi connectivity index (χ4v) is 2.87. The van der Waals surface area contributed by atoms with Gasteiger partial charge in [0, 0.05) is 0 Å². The summed E-state index contributed by atoms with van der Waals surface area (Å²) in [7, 11) is 1.34. The van der Waals surface area contributed by atoms with E-state index in [9.17, 15) is 9.59 Å². The molecule has 4 nitrogen and oxygen atoms in total. The zero-order chi connectivity index (χ0) is 16.0. The minimum absolute atomic E-state index is 0.0710. The molecule has 1 aromatic heterocycles. The first-order valence-electron chi connectivity index (χ1n) is 7.15. The molecule has 112 valence electrons. The molecule has 1 heterocycles. The molecule has 0 saturated carbocycles. The second-order valence-electron chi connectivity index (χ2n) is 5.29. The summed E-state index contributed by atoms with van der Waals surface area (Å²) in [5, 5.41) is 2.62.